The van der Waals surface area contributed by atoms with E-state index < -0.39 is 0 Å². The number of pyridine rings is 1. The van der Waals surface area contributed by atoms with Gasteiger partial charge in [-0.3, -0.25) is 0 Å². The number of nitrogens with zero attached hydrogens (tertiary/aromatic N) is 2. The van der Waals surface area contributed by atoms with Crippen molar-refractivity contribution in [2.75, 3.05) is 26.0 Å². The first-order valence-corrected chi connectivity index (χ1v) is 11.4. The number of ether oxygens (including phenoxy) is 1. The zero-order valence-corrected chi connectivity index (χ0v) is 21.2. The first kappa shape index (κ1) is 27.2. The Morgan fingerprint density at radius 2 is 1.75 bits per heavy atom. The molecule has 0 bridgehead atoms. The molecule has 0 saturated heterocycles. The van der Waals surface area contributed by atoms with Gasteiger partial charge in [-0.05, 0) is 83.5 Å². The number of benzene rings is 1. The Balaban J connectivity index is 0.000000751. The molecule has 0 radical (unpaired) electrons. The number of anilines is 1. The Bertz CT molecular complexity index is 893. The summed E-state index contributed by atoms with van der Waals surface area (Å²) in [5.41, 5.74) is 7.33. The Hall–Kier alpha value is -2.85. The van der Waals surface area contributed by atoms with Gasteiger partial charge in [-0.1, -0.05) is 48.9 Å². The monoisotopic (exact) mass is 435 g/mol. The van der Waals surface area contributed by atoms with E-state index in [1.54, 1.807) is 6.26 Å². The number of nitrogens with one attached hydrogen (secondary N) is 1. The van der Waals surface area contributed by atoms with Gasteiger partial charge in [0.05, 0.1) is 12.9 Å². The molecule has 0 atom stereocenters. The summed E-state index contributed by atoms with van der Waals surface area (Å²) in [6.45, 7) is 14.1. The molecular formula is C28H41N3O. The van der Waals surface area contributed by atoms with Crippen molar-refractivity contribution in [1.82, 2.24) is 9.88 Å². The molecule has 4 heteroatoms. The van der Waals surface area contributed by atoms with E-state index in [-0.39, 0.29) is 0 Å². The third-order valence-corrected chi connectivity index (χ3v) is 4.82. The summed E-state index contributed by atoms with van der Waals surface area (Å²) < 4.78 is 4.80. The van der Waals surface area contributed by atoms with Crippen LogP contribution in [-0.2, 0) is 11.3 Å². The molecule has 2 aromatic rings. The lowest BCUT2D eigenvalue weighted by Gasteiger charge is -2.11. The van der Waals surface area contributed by atoms with Crippen LogP contribution in [0.1, 0.15) is 52.2 Å². The maximum absolute atomic E-state index is 4.80. The number of aryl methyl sites for hydroxylation is 1. The summed E-state index contributed by atoms with van der Waals surface area (Å²) in [7, 11) is 4.17. The van der Waals surface area contributed by atoms with Crippen LogP contribution in [0.5, 0.6) is 0 Å². The van der Waals surface area contributed by atoms with Crippen LogP contribution >= 0.6 is 0 Å². The molecule has 1 aromatic carbocycles. The van der Waals surface area contributed by atoms with E-state index in [4.69, 9.17) is 4.74 Å². The smallest absolute Gasteiger partial charge is 0.132 e. The molecule has 2 rings (SSSR count). The van der Waals surface area contributed by atoms with Gasteiger partial charge in [0.2, 0.25) is 0 Å². The van der Waals surface area contributed by atoms with Gasteiger partial charge in [0.15, 0.2) is 0 Å². The number of hydrogen-bond donors (Lipinski definition) is 1. The van der Waals surface area contributed by atoms with E-state index in [9.17, 15) is 0 Å². The van der Waals surface area contributed by atoms with Crippen LogP contribution in [0.3, 0.4) is 0 Å². The van der Waals surface area contributed by atoms with Crippen molar-refractivity contribution in [1.29, 1.82) is 0 Å². The number of hydrogen-bond acceptors (Lipinski definition) is 4. The largest absolute Gasteiger partial charge is 0.502 e. The topological polar surface area (TPSA) is 37.4 Å². The minimum atomic E-state index is 0.768. The predicted molar refractivity (Wildman–Crippen MR) is 140 cm³/mol. The van der Waals surface area contributed by atoms with Gasteiger partial charge in [-0.25, -0.2) is 4.98 Å². The van der Waals surface area contributed by atoms with Crippen molar-refractivity contribution in [3.05, 3.63) is 83.4 Å². The molecule has 0 spiro atoms. The molecule has 1 N–H and O–H groups in total. The second kappa shape index (κ2) is 15.0. The zero-order valence-electron chi connectivity index (χ0n) is 21.2. The Labute approximate surface area is 195 Å². The molecule has 0 saturated carbocycles. The molecule has 174 valence electrons. The van der Waals surface area contributed by atoms with Gasteiger partial charge in [-0.15, -0.1) is 0 Å². The fourth-order valence-corrected chi connectivity index (χ4v) is 3.00. The predicted octanol–water partition coefficient (Wildman–Crippen LogP) is 7.35. The van der Waals surface area contributed by atoms with Crippen LogP contribution in [-0.4, -0.2) is 30.6 Å². The third-order valence-electron chi connectivity index (χ3n) is 4.82. The highest BCUT2D eigenvalue weighted by Crippen LogP contribution is 2.24. The van der Waals surface area contributed by atoms with Crippen molar-refractivity contribution >= 4 is 5.82 Å². The molecule has 0 aliphatic heterocycles. The maximum Gasteiger partial charge on any atom is 0.132 e. The summed E-state index contributed by atoms with van der Waals surface area (Å²) in [5, 5.41) is 3.34. The average Bonchev–Trinajstić information content (AvgIpc) is 2.77. The molecule has 32 heavy (non-hydrogen) atoms. The number of aromatic nitrogens is 1. The lowest BCUT2D eigenvalue weighted by Crippen LogP contribution is -2.10. The highest BCUT2D eigenvalue weighted by atomic mass is 16.5. The summed E-state index contributed by atoms with van der Waals surface area (Å²) in [6.07, 6.45) is 10.8. The van der Waals surface area contributed by atoms with Crippen LogP contribution in [0.4, 0.5) is 5.82 Å². The fourth-order valence-electron chi connectivity index (χ4n) is 3.00. The van der Waals surface area contributed by atoms with Gasteiger partial charge >= 0.3 is 0 Å². The molecule has 0 aliphatic rings. The molecule has 1 aromatic heterocycles. The lowest BCUT2D eigenvalue weighted by molar-refractivity contribution is 0.269. The van der Waals surface area contributed by atoms with Crippen molar-refractivity contribution < 1.29 is 4.74 Å². The summed E-state index contributed by atoms with van der Waals surface area (Å²) in [6, 6.07) is 10.9. The molecule has 0 unspecified atom stereocenters. The van der Waals surface area contributed by atoms with Crippen LogP contribution in [0.2, 0.25) is 0 Å². The number of allylic oxidation sites excluding steroid dienone is 4. The first-order valence-electron chi connectivity index (χ1n) is 11.4. The fraction of sp³-hybridized carbons (Fsp3) is 0.393. The summed E-state index contributed by atoms with van der Waals surface area (Å²) >= 11 is 0. The Kier molecular flexibility index (Phi) is 12.8. The van der Waals surface area contributed by atoms with E-state index in [1.165, 1.54) is 22.3 Å². The minimum Gasteiger partial charge on any atom is -0.502 e. The lowest BCUT2D eigenvalue weighted by atomic mass is 10.0. The van der Waals surface area contributed by atoms with Crippen LogP contribution in [0, 0.1) is 6.92 Å². The summed E-state index contributed by atoms with van der Waals surface area (Å²) in [5.74, 6) is 0.904. The van der Waals surface area contributed by atoms with Gasteiger partial charge in [-0.2, -0.15) is 0 Å². The SMILES string of the molecule is C/C=C/OCC.CC/C=C(C)/C(C)=C/Nc1ncc(-c2ccc(CN(C)C)cc2)cc1C. The summed E-state index contributed by atoms with van der Waals surface area (Å²) in [4.78, 5) is 6.79. The molecule has 0 fully saturated rings. The highest BCUT2D eigenvalue weighted by molar-refractivity contribution is 5.66. The van der Waals surface area contributed by atoms with Crippen molar-refractivity contribution in [2.45, 2.75) is 54.5 Å². The number of rotatable bonds is 9. The molecule has 0 amide bonds. The van der Waals surface area contributed by atoms with Gasteiger partial charge in [0.1, 0.15) is 5.82 Å². The van der Waals surface area contributed by atoms with Crippen LogP contribution in [0.15, 0.2) is 72.3 Å². The normalized spacial score (nSPS) is 12.0. The second-order valence-electron chi connectivity index (χ2n) is 8.02. The Morgan fingerprint density at radius 1 is 1.06 bits per heavy atom. The standard InChI is InChI=1S/C23H31N3.C5H10O/c1-7-8-17(2)19(4)14-24-23-18(3)13-22(15-25-23)21-11-9-20(10-12-21)16-26(5)6;1-3-5-6-4-2/h8-15H,7,16H2,1-6H3,(H,24,25);3,5H,4H2,1-2H3/b17-8+,19-14+;5-3+. The molecule has 1 heterocycles. The minimum absolute atomic E-state index is 0.768. The quantitative estimate of drug-likeness (QED) is 0.330. The van der Waals surface area contributed by atoms with Gasteiger partial charge in [0, 0.05) is 24.5 Å². The molecular weight excluding hydrogens is 394 g/mol. The van der Waals surface area contributed by atoms with Gasteiger partial charge < -0.3 is 15.0 Å². The van der Waals surface area contributed by atoms with E-state index in [0.29, 0.717) is 0 Å². The van der Waals surface area contributed by atoms with Crippen molar-refractivity contribution in [3.63, 3.8) is 0 Å². The second-order valence-corrected chi connectivity index (χ2v) is 8.02. The molecule has 4 nitrogen and oxygen atoms in total. The van der Waals surface area contributed by atoms with Gasteiger partial charge in [0.25, 0.3) is 0 Å². The zero-order chi connectivity index (χ0) is 23.9. The highest BCUT2D eigenvalue weighted by Gasteiger charge is 2.04. The van der Waals surface area contributed by atoms with Crippen molar-refractivity contribution in [3.8, 4) is 11.1 Å². The average molecular weight is 436 g/mol. The van der Waals surface area contributed by atoms with E-state index >= 15 is 0 Å². The molecule has 0 aliphatic carbocycles. The van der Waals surface area contributed by atoms with E-state index in [0.717, 1.165) is 36.5 Å². The van der Waals surface area contributed by atoms with Crippen molar-refractivity contribution in [2.24, 2.45) is 0 Å². The Morgan fingerprint density at radius 3 is 2.25 bits per heavy atom. The van der Waals surface area contributed by atoms with E-state index in [2.05, 4.69) is 93.4 Å². The van der Waals surface area contributed by atoms with Crippen LogP contribution in [0.25, 0.3) is 11.1 Å². The third kappa shape index (κ3) is 9.97. The first-order chi connectivity index (χ1) is 15.3. The van der Waals surface area contributed by atoms with E-state index in [1.807, 2.05) is 32.3 Å². The van der Waals surface area contributed by atoms with Crippen LogP contribution < -0.4 is 5.32 Å². The maximum atomic E-state index is 4.80.